The molecule has 5 heteroatoms. The molecular formula is C19H26N4O. The SMILES string of the molecule is CCNC(=NCc1cccc(C)n1)NCC(CO)c1ccccc1. The Morgan fingerprint density at radius 1 is 1.12 bits per heavy atom. The van der Waals surface area contributed by atoms with E-state index in [4.69, 9.17) is 0 Å². The fraction of sp³-hybridized carbons (Fsp3) is 0.368. The lowest BCUT2D eigenvalue weighted by molar-refractivity contribution is 0.265. The number of nitrogens with one attached hydrogen (secondary N) is 2. The lowest BCUT2D eigenvalue weighted by Crippen LogP contribution is -2.40. The predicted octanol–water partition coefficient (Wildman–Crippen LogP) is 2.22. The van der Waals surface area contributed by atoms with Crippen molar-refractivity contribution in [1.82, 2.24) is 15.6 Å². The quantitative estimate of drug-likeness (QED) is 0.539. The normalized spacial score (nSPS) is 12.7. The van der Waals surface area contributed by atoms with Gasteiger partial charge in [0.1, 0.15) is 0 Å². The molecule has 1 heterocycles. The second kappa shape index (κ2) is 9.67. The summed E-state index contributed by atoms with van der Waals surface area (Å²) in [6.07, 6.45) is 0. The van der Waals surface area contributed by atoms with E-state index < -0.39 is 0 Å². The second-order valence-corrected chi connectivity index (χ2v) is 5.64. The minimum absolute atomic E-state index is 0.0344. The van der Waals surface area contributed by atoms with Crippen molar-refractivity contribution in [3.8, 4) is 0 Å². The number of aliphatic hydroxyl groups excluding tert-OH is 1. The van der Waals surface area contributed by atoms with Gasteiger partial charge in [-0.3, -0.25) is 4.98 Å². The average molecular weight is 326 g/mol. The summed E-state index contributed by atoms with van der Waals surface area (Å²) in [5.74, 6) is 0.766. The van der Waals surface area contributed by atoms with E-state index in [0.29, 0.717) is 13.1 Å². The summed E-state index contributed by atoms with van der Waals surface area (Å²) in [6, 6.07) is 16.0. The molecule has 1 atom stereocenters. The number of hydrogen-bond acceptors (Lipinski definition) is 3. The molecule has 2 rings (SSSR count). The molecule has 1 aromatic heterocycles. The van der Waals surface area contributed by atoms with E-state index in [1.165, 1.54) is 0 Å². The van der Waals surface area contributed by atoms with E-state index >= 15 is 0 Å². The third-order valence-corrected chi connectivity index (χ3v) is 3.70. The Morgan fingerprint density at radius 3 is 2.58 bits per heavy atom. The van der Waals surface area contributed by atoms with Gasteiger partial charge in [-0.1, -0.05) is 36.4 Å². The van der Waals surface area contributed by atoms with Crippen LogP contribution in [0.1, 0.15) is 29.8 Å². The van der Waals surface area contributed by atoms with Crippen molar-refractivity contribution in [2.24, 2.45) is 4.99 Å². The molecule has 2 aromatic rings. The van der Waals surface area contributed by atoms with Gasteiger partial charge in [-0.25, -0.2) is 4.99 Å². The average Bonchev–Trinajstić information content (AvgIpc) is 2.61. The number of nitrogens with zero attached hydrogens (tertiary/aromatic N) is 2. The van der Waals surface area contributed by atoms with Crippen LogP contribution in [0.4, 0.5) is 0 Å². The molecule has 0 spiro atoms. The largest absolute Gasteiger partial charge is 0.396 e. The van der Waals surface area contributed by atoms with Gasteiger partial charge in [0, 0.05) is 24.7 Å². The maximum Gasteiger partial charge on any atom is 0.191 e. The Bertz CT molecular complexity index is 643. The molecule has 24 heavy (non-hydrogen) atoms. The van der Waals surface area contributed by atoms with Crippen LogP contribution in [0.15, 0.2) is 53.5 Å². The van der Waals surface area contributed by atoms with E-state index in [1.54, 1.807) is 0 Å². The van der Waals surface area contributed by atoms with Crippen LogP contribution >= 0.6 is 0 Å². The molecule has 1 aromatic carbocycles. The molecule has 0 saturated heterocycles. The van der Waals surface area contributed by atoms with Gasteiger partial charge in [-0.15, -0.1) is 0 Å². The van der Waals surface area contributed by atoms with Gasteiger partial charge in [0.15, 0.2) is 5.96 Å². The Morgan fingerprint density at radius 2 is 1.92 bits per heavy atom. The van der Waals surface area contributed by atoms with Crippen molar-refractivity contribution in [3.63, 3.8) is 0 Å². The van der Waals surface area contributed by atoms with Crippen molar-refractivity contribution in [2.45, 2.75) is 26.3 Å². The zero-order valence-corrected chi connectivity index (χ0v) is 14.4. The van der Waals surface area contributed by atoms with Crippen LogP contribution < -0.4 is 10.6 Å². The van der Waals surface area contributed by atoms with Gasteiger partial charge in [-0.05, 0) is 31.5 Å². The first-order valence-electron chi connectivity index (χ1n) is 8.33. The Labute approximate surface area is 143 Å². The number of hydrogen-bond donors (Lipinski definition) is 3. The molecule has 128 valence electrons. The van der Waals surface area contributed by atoms with Crippen molar-refractivity contribution in [3.05, 3.63) is 65.5 Å². The first-order valence-corrected chi connectivity index (χ1v) is 8.33. The number of pyridine rings is 1. The van der Waals surface area contributed by atoms with E-state index in [2.05, 4.69) is 20.6 Å². The summed E-state index contributed by atoms with van der Waals surface area (Å²) < 4.78 is 0. The number of aromatic nitrogens is 1. The molecule has 0 fully saturated rings. The first-order chi connectivity index (χ1) is 11.7. The van der Waals surface area contributed by atoms with E-state index in [-0.39, 0.29) is 12.5 Å². The highest BCUT2D eigenvalue weighted by atomic mass is 16.3. The zero-order valence-electron chi connectivity index (χ0n) is 14.4. The summed E-state index contributed by atoms with van der Waals surface area (Å²) >= 11 is 0. The molecule has 0 amide bonds. The highest BCUT2D eigenvalue weighted by molar-refractivity contribution is 5.79. The molecule has 1 unspecified atom stereocenters. The van der Waals surface area contributed by atoms with Crippen LogP contribution in [0.2, 0.25) is 0 Å². The number of aliphatic imine (C=N–C) groups is 1. The first kappa shape index (κ1) is 17.9. The predicted molar refractivity (Wildman–Crippen MR) is 98.1 cm³/mol. The molecule has 3 N–H and O–H groups in total. The summed E-state index contributed by atoms with van der Waals surface area (Å²) in [5, 5.41) is 16.2. The molecule has 0 aliphatic carbocycles. The Hall–Kier alpha value is -2.40. The van der Waals surface area contributed by atoms with Crippen LogP contribution in [-0.4, -0.2) is 35.7 Å². The number of aryl methyl sites for hydroxylation is 1. The van der Waals surface area contributed by atoms with Crippen molar-refractivity contribution < 1.29 is 5.11 Å². The lowest BCUT2D eigenvalue weighted by atomic mass is 10.0. The zero-order chi connectivity index (χ0) is 17.2. The molecule has 0 radical (unpaired) electrons. The van der Waals surface area contributed by atoms with Crippen LogP contribution in [0.3, 0.4) is 0 Å². The van der Waals surface area contributed by atoms with E-state index in [9.17, 15) is 5.11 Å². The fourth-order valence-corrected chi connectivity index (χ4v) is 2.42. The number of rotatable bonds is 7. The Kier molecular flexibility index (Phi) is 7.23. The summed E-state index contributed by atoms with van der Waals surface area (Å²) in [5.41, 5.74) is 3.04. The van der Waals surface area contributed by atoms with Crippen LogP contribution in [0.5, 0.6) is 0 Å². The molecule has 0 aliphatic rings. The smallest absolute Gasteiger partial charge is 0.191 e. The molecule has 0 saturated carbocycles. The molecule has 0 bridgehead atoms. The standard InChI is InChI=1S/C19H26N4O/c1-3-20-19(22-13-18-11-7-8-15(2)23-18)21-12-17(14-24)16-9-5-4-6-10-16/h4-11,17,24H,3,12-14H2,1-2H3,(H2,20,21,22). The molecular weight excluding hydrogens is 300 g/mol. The van der Waals surface area contributed by atoms with Gasteiger partial charge in [0.05, 0.1) is 18.8 Å². The van der Waals surface area contributed by atoms with Gasteiger partial charge < -0.3 is 15.7 Å². The summed E-state index contributed by atoms with van der Waals surface area (Å²) in [6.45, 7) is 6.02. The molecule has 5 nitrogen and oxygen atoms in total. The van der Waals surface area contributed by atoms with Gasteiger partial charge in [0.25, 0.3) is 0 Å². The van der Waals surface area contributed by atoms with Gasteiger partial charge >= 0.3 is 0 Å². The van der Waals surface area contributed by atoms with E-state index in [1.807, 2.05) is 62.4 Å². The third-order valence-electron chi connectivity index (χ3n) is 3.70. The fourth-order valence-electron chi connectivity index (χ4n) is 2.42. The van der Waals surface area contributed by atoms with Crippen LogP contribution in [0.25, 0.3) is 0 Å². The number of aliphatic hydroxyl groups is 1. The Balaban J connectivity index is 1.98. The maximum absolute atomic E-state index is 9.65. The van der Waals surface area contributed by atoms with Crippen LogP contribution in [0, 0.1) is 6.92 Å². The summed E-state index contributed by atoms with van der Waals surface area (Å²) in [7, 11) is 0. The highest BCUT2D eigenvalue weighted by Crippen LogP contribution is 2.13. The minimum atomic E-state index is 0.0344. The van der Waals surface area contributed by atoms with Crippen molar-refractivity contribution >= 4 is 5.96 Å². The maximum atomic E-state index is 9.65. The number of guanidine groups is 1. The topological polar surface area (TPSA) is 69.5 Å². The van der Waals surface area contributed by atoms with E-state index in [0.717, 1.165) is 29.5 Å². The minimum Gasteiger partial charge on any atom is -0.396 e. The van der Waals surface area contributed by atoms with Gasteiger partial charge in [0.2, 0.25) is 0 Å². The lowest BCUT2D eigenvalue weighted by Gasteiger charge is -2.18. The van der Waals surface area contributed by atoms with Crippen molar-refractivity contribution in [2.75, 3.05) is 19.7 Å². The summed E-state index contributed by atoms with van der Waals surface area (Å²) in [4.78, 5) is 9.04. The highest BCUT2D eigenvalue weighted by Gasteiger charge is 2.10. The number of benzene rings is 1. The monoisotopic (exact) mass is 326 g/mol. The third kappa shape index (κ3) is 5.66. The second-order valence-electron chi connectivity index (χ2n) is 5.64. The molecule has 0 aliphatic heterocycles. The van der Waals surface area contributed by atoms with Crippen molar-refractivity contribution in [1.29, 1.82) is 0 Å². The van der Waals surface area contributed by atoms with Gasteiger partial charge in [-0.2, -0.15) is 0 Å². The van der Waals surface area contributed by atoms with Crippen LogP contribution in [-0.2, 0) is 6.54 Å².